The Morgan fingerprint density at radius 3 is 2.74 bits per heavy atom. The number of rotatable bonds is 5. The van der Waals surface area contributed by atoms with Crippen molar-refractivity contribution in [1.82, 2.24) is 4.90 Å². The second-order valence-corrected chi connectivity index (χ2v) is 5.47. The van der Waals surface area contributed by atoms with Crippen LogP contribution in [0.25, 0.3) is 0 Å². The molecule has 0 amide bonds. The molecule has 1 unspecified atom stereocenters. The maximum Gasteiger partial charge on any atom is 0.119 e. The molecule has 1 fully saturated rings. The van der Waals surface area contributed by atoms with Crippen molar-refractivity contribution in [1.29, 1.82) is 0 Å². The third-order valence-electron chi connectivity index (χ3n) is 4.03. The number of aliphatic hydroxyl groups excluding tert-OH is 1. The molecule has 0 aliphatic carbocycles. The van der Waals surface area contributed by atoms with Crippen LogP contribution >= 0.6 is 0 Å². The van der Waals surface area contributed by atoms with Gasteiger partial charge in [-0.2, -0.15) is 0 Å². The zero-order chi connectivity index (χ0) is 13.7. The molecule has 1 aromatic rings. The van der Waals surface area contributed by atoms with Gasteiger partial charge in [0.05, 0.1) is 6.10 Å². The van der Waals surface area contributed by atoms with Crippen molar-refractivity contribution in [3.05, 3.63) is 29.8 Å². The summed E-state index contributed by atoms with van der Waals surface area (Å²) in [7, 11) is 0. The molecule has 3 nitrogen and oxygen atoms in total. The molecular formula is C16H25NO2. The average Bonchev–Trinajstić information content (AvgIpc) is 2.45. The van der Waals surface area contributed by atoms with Crippen molar-refractivity contribution < 1.29 is 9.84 Å². The summed E-state index contributed by atoms with van der Waals surface area (Å²) in [5.41, 5.74) is 1.18. The van der Waals surface area contributed by atoms with E-state index in [4.69, 9.17) is 4.74 Å². The van der Waals surface area contributed by atoms with Gasteiger partial charge < -0.3 is 14.7 Å². The predicted octanol–water partition coefficient (Wildman–Crippen LogP) is 2.47. The molecule has 1 aliphatic rings. The number of benzene rings is 1. The van der Waals surface area contributed by atoms with Gasteiger partial charge >= 0.3 is 0 Å². The van der Waals surface area contributed by atoms with E-state index in [1.807, 2.05) is 31.2 Å². The van der Waals surface area contributed by atoms with E-state index in [1.165, 1.54) is 5.56 Å². The van der Waals surface area contributed by atoms with Gasteiger partial charge in [0.25, 0.3) is 0 Å². The zero-order valence-electron chi connectivity index (χ0n) is 12.0. The number of likely N-dealkylation sites (tertiary alicyclic amines) is 1. The SMILES string of the molecule is CCN1CCC(C(O)COc2cccc(C)c2)CC1. The largest absolute Gasteiger partial charge is 0.491 e. The smallest absolute Gasteiger partial charge is 0.119 e. The number of ether oxygens (including phenoxy) is 1. The lowest BCUT2D eigenvalue weighted by Gasteiger charge is -2.33. The molecule has 1 aromatic carbocycles. The van der Waals surface area contributed by atoms with Crippen LogP contribution in [-0.2, 0) is 0 Å². The summed E-state index contributed by atoms with van der Waals surface area (Å²) >= 11 is 0. The number of hydrogen-bond acceptors (Lipinski definition) is 3. The molecular weight excluding hydrogens is 238 g/mol. The molecule has 3 heteroatoms. The Labute approximate surface area is 116 Å². The molecule has 0 aromatic heterocycles. The van der Waals surface area contributed by atoms with Crippen molar-refractivity contribution in [3.8, 4) is 5.75 Å². The highest BCUT2D eigenvalue weighted by Gasteiger charge is 2.24. The molecule has 0 spiro atoms. The Morgan fingerprint density at radius 1 is 1.37 bits per heavy atom. The first-order valence-electron chi connectivity index (χ1n) is 7.29. The fraction of sp³-hybridized carbons (Fsp3) is 0.625. The van der Waals surface area contributed by atoms with Crippen LogP contribution in [0.2, 0.25) is 0 Å². The van der Waals surface area contributed by atoms with E-state index in [9.17, 15) is 5.11 Å². The van der Waals surface area contributed by atoms with Gasteiger partial charge in [-0.3, -0.25) is 0 Å². The highest BCUT2D eigenvalue weighted by atomic mass is 16.5. The third kappa shape index (κ3) is 4.22. The summed E-state index contributed by atoms with van der Waals surface area (Å²) in [6.07, 6.45) is 1.80. The van der Waals surface area contributed by atoms with Gasteiger partial charge in [-0.25, -0.2) is 0 Å². The molecule has 1 aliphatic heterocycles. The standard InChI is InChI=1S/C16H25NO2/c1-3-17-9-7-14(8-10-17)16(18)12-19-15-6-4-5-13(2)11-15/h4-6,11,14,16,18H,3,7-10,12H2,1-2H3. The second kappa shape index (κ2) is 6.92. The van der Waals surface area contributed by atoms with E-state index >= 15 is 0 Å². The number of piperidine rings is 1. The summed E-state index contributed by atoms with van der Waals surface area (Å²) in [5.74, 6) is 1.23. The predicted molar refractivity (Wildman–Crippen MR) is 77.5 cm³/mol. The normalized spacial score (nSPS) is 19.3. The Bertz CT molecular complexity index is 386. The number of aryl methyl sites for hydroxylation is 1. The van der Waals surface area contributed by atoms with Crippen molar-refractivity contribution in [2.24, 2.45) is 5.92 Å². The summed E-state index contributed by atoms with van der Waals surface area (Å²) in [4.78, 5) is 2.44. The maximum atomic E-state index is 10.2. The van der Waals surface area contributed by atoms with Crippen molar-refractivity contribution >= 4 is 0 Å². The first-order chi connectivity index (χ1) is 9.19. The Kier molecular flexibility index (Phi) is 5.23. The second-order valence-electron chi connectivity index (χ2n) is 5.47. The highest BCUT2D eigenvalue weighted by Crippen LogP contribution is 2.21. The molecule has 106 valence electrons. The lowest BCUT2D eigenvalue weighted by molar-refractivity contribution is 0.0267. The van der Waals surface area contributed by atoms with E-state index in [0.717, 1.165) is 38.2 Å². The van der Waals surface area contributed by atoms with Crippen LogP contribution < -0.4 is 4.74 Å². The van der Waals surface area contributed by atoms with E-state index in [1.54, 1.807) is 0 Å². The van der Waals surface area contributed by atoms with Crippen molar-refractivity contribution in [2.45, 2.75) is 32.8 Å². The molecule has 1 heterocycles. The van der Waals surface area contributed by atoms with Gasteiger partial charge in [0.2, 0.25) is 0 Å². The van der Waals surface area contributed by atoms with Crippen LogP contribution in [0.4, 0.5) is 0 Å². The Morgan fingerprint density at radius 2 is 2.11 bits per heavy atom. The first kappa shape index (κ1) is 14.4. The average molecular weight is 263 g/mol. The van der Waals surface area contributed by atoms with Crippen LogP contribution in [0.3, 0.4) is 0 Å². The van der Waals surface area contributed by atoms with Gasteiger partial charge in [0.15, 0.2) is 0 Å². The quantitative estimate of drug-likeness (QED) is 0.886. The van der Waals surface area contributed by atoms with Gasteiger partial charge in [0, 0.05) is 0 Å². The van der Waals surface area contributed by atoms with Crippen LogP contribution in [0.5, 0.6) is 5.75 Å². The van der Waals surface area contributed by atoms with E-state index in [-0.39, 0.29) is 6.10 Å². The molecule has 0 saturated carbocycles. The van der Waals surface area contributed by atoms with Gasteiger partial charge in [0.1, 0.15) is 12.4 Å². The number of hydrogen-bond donors (Lipinski definition) is 1. The highest BCUT2D eigenvalue weighted by molar-refractivity contribution is 5.27. The van der Waals surface area contributed by atoms with E-state index in [2.05, 4.69) is 11.8 Å². The number of aliphatic hydroxyl groups is 1. The monoisotopic (exact) mass is 263 g/mol. The lowest BCUT2D eigenvalue weighted by Crippen LogP contribution is -2.39. The van der Waals surface area contributed by atoms with E-state index in [0.29, 0.717) is 12.5 Å². The van der Waals surface area contributed by atoms with Crippen LogP contribution in [0, 0.1) is 12.8 Å². The first-order valence-corrected chi connectivity index (χ1v) is 7.29. The molecule has 19 heavy (non-hydrogen) atoms. The molecule has 0 bridgehead atoms. The molecule has 1 N–H and O–H groups in total. The summed E-state index contributed by atoms with van der Waals surface area (Å²) in [6, 6.07) is 7.98. The summed E-state index contributed by atoms with van der Waals surface area (Å²) in [5, 5.41) is 10.2. The minimum absolute atomic E-state index is 0.348. The molecule has 0 radical (unpaired) electrons. The molecule has 1 atom stereocenters. The fourth-order valence-corrected chi connectivity index (χ4v) is 2.68. The molecule has 2 rings (SSSR count). The zero-order valence-corrected chi connectivity index (χ0v) is 12.0. The van der Waals surface area contributed by atoms with Gasteiger partial charge in [-0.1, -0.05) is 19.1 Å². The maximum absolute atomic E-state index is 10.2. The fourth-order valence-electron chi connectivity index (χ4n) is 2.68. The minimum atomic E-state index is -0.348. The number of nitrogens with zero attached hydrogens (tertiary/aromatic N) is 1. The van der Waals surface area contributed by atoms with Crippen molar-refractivity contribution in [2.75, 3.05) is 26.2 Å². The summed E-state index contributed by atoms with van der Waals surface area (Å²) in [6.45, 7) is 7.95. The van der Waals surface area contributed by atoms with Gasteiger partial charge in [-0.15, -0.1) is 0 Å². The van der Waals surface area contributed by atoms with E-state index < -0.39 is 0 Å². The minimum Gasteiger partial charge on any atom is -0.491 e. The third-order valence-corrected chi connectivity index (χ3v) is 4.03. The Hall–Kier alpha value is -1.06. The Balaban J connectivity index is 1.77. The van der Waals surface area contributed by atoms with Crippen LogP contribution in [-0.4, -0.2) is 42.4 Å². The topological polar surface area (TPSA) is 32.7 Å². The van der Waals surface area contributed by atoms with Crippen LogP contribution in [0.1, 0.15) is 25.3 Å². The lowest BCUT2D eigenvalue weighted by atomic mass is 9.91. The van der Waals surface area contributed by atoms with Gasteiger partial charge in [-0.05, 0) is 63.0 Å². The van der Waals surface area contributed by atoms with Crippen LogP contribution in [0.15, 0.2) is 24.3 Å². The summed E-state index contributed by atoms with van der Waals surface area (Å²) < 4.78 is 5.69. The van der Waals surface area contributed by atoms with Crippen molar-refractivity contribution in [3.63, 3.8) is 0 Å². The molecule has 1 saturated heterocycles.